The summed E-state index contributed by atoms with van der Waals surface area (Å²) in [5.41, 5.74) is 1.65. The van der Waals surface area contributed by atoms with Gasteiger partial charge in [-0.3, -0.25) is 4.90 Å². The first-order valence-corrected chi connectivity index (χ1v) is 10.2. The molecule has 4 nitrogen and oxygen atoms in total. The Morgan fingerprint density at radius 2 is 1.81 bits per heavy atom. The molecule has 0 aromatic heterocycles. The molecular formula is C22H36N2O2. The molecule has 1 aromatic carbocycles. The van der Waals surface area contributed by atoms with Crippen LogP contribution in [0.3, 0.4) is 0 Å². The minimum atomic E-state index is -0.0313. The zero-order valence-electron chi connectivity index (χ0n) is 16.9. The lowest BCUT2D eigenvalue weighted by Gasteiger charge is -2.53. The van der Waals surface area contributed by atoms with Gasteiger partial charge in [-0.25, -0.2) is 0 Å². The Balaban J connectivity index is 1.55. The summed E-state index contributed by atoms with van der Waals surface area (Å²) < 4.78 is 11.5. The normalized spacial score (nSPS) is 27.5. The molecule has 0 bridgehead atoms. The van der Waals surface area contributed by atoms with E-state index in [4.69, 9.17) is 9.47 Å². The predicted molar refractivity (Wildman–Crippen MR) is 107 cm³/mol. The first-order chi connectivity index (χ1) is 12.5. The van der Waals surface area contributed by atoms with Crippen molar-refractivity contribution in [3.8, 4) is 0 Å². The maximum atomic E-state index is 6.02. The Kier molecular flexibility index (Phi) is 6.73. The van der Waals surface area contributed by atoms with Crippen LogP contribution in [-0.2, 0) is 15.9 Å². The van der Waals surface area contributed by atoms with Crippen molar-refractivity contribution < 1.29 is 9.47 Å². The van der Waals surface area contributed by atoms with E-state index in [-0.39, 0.29) is 11.1 Å². The molecule has 4 heteroatoms. The van der Waals surface area contributed by atoms with Gasteiger partial charge in [0.1, 0.15) is 0 Å². The molecule has 2 aliphatic rings. The van der Waals surface area contributed by atoms with Gasteiger partial charge in [-0.1, -0.05) is 30.3 Å². The van der Waals surface area contributed by atoms with Gasteiger partial charge in [-0.15, -0.1) is 0 Å². The third-order valence-corrected chi connectivity index (χ3v) is 6.19. The van der Waals surface area contributed by atoms with E-state index in [1.165, 1.54) is 18.7 Å². The molecule has 0 spiro atoms. The van der Waals surface area contributed by atoms with Crippen molar-refractivity contribution in [2.75, 3.05) is 53.0 Å². The molecule has 0 radical (unpaired) electrons. The van der Waals surface area contributed by atoms with Crippen molar-refractivity contribution in [3.63, 3.8) is 0 Å². The van der Waals surface area contributed by atoms with E-state index in [0.717, 1.165) is 58.5 Å². The highest BCUT2D eigenvalue weighted by Gasteiger charge is 2.45. The highest BCUT2D eigenvalue weighted by Crippen LogP contribution is 2.39. The van der Waals surface area contributed by atoms with E-state index in [2.05, 4.69) is 54.0 Å². The summed E-state index contributed by atoms with van der Waals surface area (Å²) in [4.78, 5) is 5.37. The molecule has 2 fully saturated rings. The molecule has 26 heavy (non-hydrogen) atoms. The van der Waals surface area contributed by atoms with Crippen LogP contribution in [-0.4, -0.2) is 74.0 Å². The molecule has 0 aliphatic carbocycles. The lowest BCUT2D eigenvalue weighted by Crippen LogP contribution is -2.62. The van der Waals surface area contributed by atoms with Gasteiger partial charge in [0.05, 0.1) is 5.60 Å². The van der Waals surface area contributed by atoms with E-state index in [9.17, 15) is 0 Å². The third-order valence-electron chi connectivity index (χ3n) is 6.19. The number of rotatable bonds is 7. The van der Waals surface area contributed by atoms with Gasteiger partial charge in [0.25, 0.3) is 0 Å². The number of methoxy groups -OCH3 is 1. The minimum Gasteiger partial charge on any atom is -0.385 e. The zero-order chi connectivity index (χ0) is 18.5. The maximum Gasteiger partial charge on any atom is 0.0644 e. The largest absolute Gasteiger partial charge is 0.385 e. The number of piperazine rings is 1. The highest BCUT2D eigenvalue weighted by atomic mass is 16.5. The summed E-state index contributed by atoms with van der Waals surface area (Å²) in [5.74, 6) is 0. The molecule has 2 saturated heterocycles. The molecule has 146 valence electrons. The summed E-state index contributed by atoms with van der Waals surface area (Å²) in [6.45, 7) is 12.0. The van der Waals surface area contributed by atoms with Crippen LogP contribution < -0.4 is 0 Å². The van der Waals surface area contributed by atoms with Crippen LogP contribution in [0.25, 0.3) is 0 Å². The third kappa shape index (κ3) is 5.07. The number of ether oxygens (including phenoxy) is 2. The summed E-state index contributed by atoms with van der Waals surface area (Å²) in [6, 6.07) is 10.8. The van der Waals surface area contributed by atoms with Crippen LogP contribution in [0, 0.1) is 0 Å². The fraction of sp³-hybridized carbons (Fsp3) is 0.727. The van der Waals surface area contributed by atoms with Crippen molar-refractivity contribution in [2.45, 2.75) is 50.7 Å². The maximum absolute atomic E-state index is 6.02. The van der Waals surface area contributed by atoms with Crippen LogP contribution >= 0.6 is 0 Å². The van der Waals surface area contributed by atoms with Crippen molar-refractivity contribution in [2.24, 2.45) is 0 Å². The van der Waals surface area contributed by atoms with Gasteiger partial charge < -0.3 is 14.4 Å². The molecular weight excluding hydrogens is 324 g/mol. The summed E-state index contributed by atoms with van der Waals surface area (Å²) >= 11 is 0. The SMILES string of the molecule is COCCC1(N2CCN(CCc3ccccc3)CC2)CCOC(C)(C)C1. The second kappa shape index (κ2) is 8.83. The Hall–Kier alpha value is -0.940. The molecule has 1 unspecified atom stereocenters. The van der Waals surface area contributed by atoms with Crippen LogP contribution in [0.15, 0.2) is 30.3 Å². The Morgan fingerprint density at radius 1 is 1.08 bits per heavy atom. The van der Waals surface area contributed by atoms with E-state index in [0.29, 0.717) is 0 Å². The van der Waals surface area contributed by atoms with Crippen LogP contribution in [0.5, 0.6) is 0 Å². The quantitative estimate of drug-likeness (QED) is 0.745. The fourth-order valence-electron chi connectivity index (χ4n) is 4.76. The lowest BCUT2D eigenvalue weighted by molar-refractivity contribution is -0.133. The number of benzene rings is 1. The van der Waals surface area contributed by atoms with Crippen molar-refractivity contribution in [3.05, 3.63) is 35.9 Å². The van der Waals surface area contributed by atoms with Crippen molar-refractivity contribution >= 4 is 0 Å². The molecule has 0 amide bonds. The molecule has 1 atom stereocenters. The summed E-state index contributed by atoms with van der Waals surface area (Å²) in [5, 5.41) is 0. The average Bonchev–Trinajstić information content (AvgIpc) is 2.65. The monoisotopic (exact) mass is 360 g/mol. The van der Waals surface area contributed by atoms with Gasteiger partial charge in [0.15, 0.2) is 0 Å². The molecule has 2 aliphatic heterocycles. The molecule has 0 saturated carbocycles. The Bertz CT molecular complexity index is 540. The van der Waals surface area contributed by atoms with Crippen LogP contribution in [0.1, 0.15) is 38.7 Å². The minimum absolute atomic E-state index is 0.0313. The molecule has 2 heterocycles. The van der Waals surface area contributed by atoms with Crippen molar-refractivity contribution in [1.29, 1.82) is 0 Å². The standard InChI is InChI=1S/C22H36N2O2/c1-21(2)19-22(10-17-25-3,11-18-26-21)24-15-13-23(14-16-24)12-9-20-7-5-4-6-8-20/h4-8H,9-19H2,1-3H3. The van der Waals surface area contributed by atoms with Crippen molar-refractivity contribution in [1.82, 2.24) is 9.80 Å². The highest BCUT2D eigenvalue weighted by molar-refractivity contribution is 5.15. The van der Waals surface area contributed by atoms with Crippen LogP contribution in [0.2, 0.25) is 0 Å². The second-order valence-electron chi connectivity index (χ2n) is 8.57. The smallest absolute Gasteiger partial charge is 0.0644 e. The van der Waals surface area contributed by atoms with E-state index < -0.39 is 0 Å². The number of hydrogen-bond donors (Lipinski definition) is 0. The van der Waals surface area contributed by atoms with Gasteiger partial charge in [0.2, 0.25) is 0 Å². The number of nitrogens with zero attached hydrogens (tertiary/aromatic N) is 2. The first-order valence-electron chi connectivity index (χ1n) is 10.2. The lowest BCUT2D eigenvalue weighted by atomic mass is 9.77. The summed E-state index contributed by atoms with van der Waals surface area (Å²) in [6.07, 6.45) is 4.49. The van der Waals surface area contributed by atoms with Gasteiger partial charge in [-0.2, -0.15) is 0 Å². The van der Waals surface area contributed by atoms with Gasteiger partial charge in [-0.05, 0) is 45.1 Å². The average molecular weight is 361 g/mol. The zero-order valence-corrected chi connectivity index (χ0v) is 16.9. The van der Waals surface area contributed by atoms with E-state index in [1.54, 1.807) is 0 Å². The fourth-order valence-corrected chi connectivity index (χ4v) is 4.76. The number of hydrogen-bond acceptors (Lipinski definition) is 4. The Morgan fingerprint density at radius 3 is 2.46 bits per heavy atom. The molecule has 1 aromatic rings. The van der Waals surface area contributed by atoms with Crippen LogP contribution in [0.4, 0.5) is 0 Å². The first kappa shape index (κ1) is 19.8. The van der Waals surface area contributed by atoms with E-state index >= 15 is 0 Å². The molecule has 0 N–H and O–H groups in total. The second-order valence-corrected chi connectivity index (χ2v) is 8.57. The predicted octanol–water partition coefficient (Wildman–Crippen LogP) is 3.21. The van der Waals surface area contributed by atoms with Gasteiger partial charge >= 0.3 is 0 Å². The topological polar surface area (TPSA) is 24.9 Å². The molecule has 3 rings (SSSR count). The van der Waals surface area contributed by atoms with Gasteiger partial charge in [0, 0.05) is 58.6 Å². The summed E-state index contributed by atoms with van der Waals surface area (Å²) in [7, 11) is 1.82. The van der Waals surface area contributed by atoms with E-state index in [1.807, 2.05) is 7.11 Å². The Labute approximate surface area is 159 Å².